The van der Waals surface area contributed by atoms with Crippen molar-refractivity contribution in [2.45, 2.75) is 20.0 Å². The Morgan fingerprint density at radius 3 is 2.74 bits per heavy atom. The van der Waals surface area contributed by atoms with Crippen molar-refractivity contribution in [2.24, 2.45) is 0 Å². The Labute approximate surface area is 112 Å². The zero-order chi connectivity index (χ0) is 13.1. The molecule has 0 aliphatic rings. The zero-order valence-electron chi connectivity index (χ0n) is 10.9. The number of pyridine rings is 1. The van der Waals surface area contributed by atoms with Crippen molar-refractivity contribution >= 4 is 5.65 Å². The Bertz CT molecular complexity index is 674. The fourth-order valence-corrected chi connectivity index (χ4v) is 2.15. The highest BCUT2D eigenvalue weighted by atomic mass is 16.5. The summed E-state index contributed by atoms with van der Waals surface area (Å²) in [6, 6.07) is 14.1. The maximum absolute atomic E-state index is 5.88. The Morgan fingerprint density at radius 1 is 1.11 bits per heavy atom. The molecule has 0 unspecified atom stereocenters. The quantitative estimate of drug-likeness (QED) is 0.710. The molecule has 0 spiro atoms. The van der Waals surface area contributed by atoms with Gasteiger partial charge >= 0.3 is 0 Å². The van der Waals surface area contributed by atoms with Crippen LogP contribution in [0.1, 0.15) is 18.2 Å². The van der Waals surface area contributed by atoms with Gasteiger partial charge in [0.15, 0.2) is 11.4 Å². The lowest BCUT2D eigenvalue weighted by molar-refractivity contribution is 0.308. The van der Waals surface area contributed by atoms with Crippen LogP contribution in [0.4, 0.5) is 0 Å². The highest BCUT2D eigenvalue weighted by Crippen LogP contribution is 2.20. The van der Waals surface area contributed by atoms with Crippen LogP contribution in [0.3, 0.4) is 0 Å². The van der Waals surface area contributed by atoms with Crippen LogP contribution in [0.25, 0.3) is 5.65 Å². The smallest absolute Gasteiger partial charge is 0.179 e. The van der Waals surface area contributed by atoms with E-state index < -0.39 is 0 Å². The molecule has 2 aromatic heterocycles. The number of hydrogen-bond acceptors (Lipinski definition) is 2. The standard InChI is InChI=1S/C16H16N2O/c1-2-14-11-17-16-15(9-6-10-18(14)16)19-12-13-7-4-3-5-8-13/h3-11H,2,12H2,1H3. The van der Waals surface area contributed by atoms with Crippen molar-refractivity contribution in [1.29, 1.82) is 0 Å². The van der Waals surface area contributed by atoms with Crippen molar-refractivity contribution in [3.63, 3.8) is 0 Å². The van der Waals surface area contributed by atoms with Gasteiger partial charge < -0.3 is 9.14 Å². The fraction of sp³-hybridized carbons (Fsp3) is 0.188. The first kappa shape index (κ1) is 11.8. The molecule has 96 valence electrons. The van der Waals surface area contributed by atoms with Gasteiger partial charge in [0, 0.05) is 18.1 Å². The number of aromatic nitrogens is 2. The Balaban J connectivity index is 1.87. The number of aryl methyl sites for hydroxylation is 1. The van der Waals surface area contributed by atoms with Gasteiger partial charge in [0.05, 0.1) is 0 Å². The molecule has 0 saturated heterocycles. The molecule has 2 heterocycles. The Hall–Kier alpha value is -2.29. The topological polar surface area (TPSA) is 26.5 Å². The summed E-state index contributed by atoms with van der Waals surface area (Å²) in [7, 11) is 0. The summed E-state index contributed by atoms with van der Waals surface area (Å²) in [5, 5.41) is 0. The van der Waals surface area contributed by atoms with E-state index in [-0.39, 0.29) is 0 Å². The second-order valence-electron chi connectivity index (χ2n) is 4.44. The minimum Gasteiger partial charge on any atom is -0.485 e. The molecule has 0 radical (unpaired) electrons. The molecule has 0 aliphatic carbocycles. The largest absolute Gasteiger partial charge is 0.485 e. The average molecular weight is 252 g/mol. The SMILES string of the molecule is CCc1cnc2c(OCc3ccccc3)cccn12. The maximum Gasteiger partial charge on any atom is 0.179 e. The van der Waals surface area contributed by atoms with Crippen molar-refractivity contribution in [2.75, 3.05) is 0 Å². The first-order valence-electron chi connectivity index (χ1n) is 6.50. The fourth-order valence-electron chi connectivity index (χ4n) is 2.15. The van der Waals surface area contributed by atoms with E-state index in [4.69, 9.17) is 4.74 Å². The van der Waals surface area contributed by atoms with Gasteiger partial charge in [-0.05, 0) is 24.1 Å². The predicted molar refractivity (Wildman–Crippen MR) is 75.3 cm³/mol. The van der Waals surface area contributed by atoms with Crippen LogP contribution in [-0.4, -0.2) is 9.38 Å². The Kier molecular flexibility index (Phi) is 3.19. The number of rotatable bonds is 4. The second-order valence-corrected chi connectivity index (χ2v) is 4.44. The van der Waals surface area contributed by atoms with E-state index in [9.17, 15) is 0 Å². The highest BCUT2D eigenvalue weighted by molar-refractivity contribution is 5.54. The third-order valence-electron chi connectivity index (χ3n) is 3.18. The summed E-state index contributed by atoms with van der Waals surface area (Å²) < 4.78 is 7.96. The predicted octanol–water partition coefficient (Wildman–Crippen LogP) is 3.48. The maximum atomic E-state index is 5.88. The average Bonchev–Trinajstić information content (AvgIpc) is 2.90. The van der Waals surface area contributed by atoms with E-state index in [1.807, 2.05) is 42.7 Å². The zero-order valence-corrected chi connectivity index (χ0v) is 10.9. The molecule has 19 heavy (non-hydrogen) atoms. The number of fused-ring (bicyclic) bond motifs is 1. The van der Waals surface area contributed by atoms with Crippen molar-refractivity contribution in [3.05, 3.63) is 66.1 Å². The lowest BCUT2D eigenvalue weighted by atomic mass is 10.2. The van der Waals surface area contributed by atoms with Crippen LogP contribution in [0.2, 0.25) is 0 Å². The number of ether oxygens (including phenoxy) is 1. The van der Waals surface area contributed by atoms with Crippen LogP contribution in [-0.2, 0) is 13.0 Å². The van der Waals surface area contributed by atoms with E-state index in [0.717, 1.165) is 23.4 Å². The van der Waals surface area contributed by atoms with Crippen LogP contribution in [0, 0.1) is 0 Å². The Morgan fingerprint density at radius 2 is 1.95 bits per heavy atom. The molecular formula is C16H16N2O. The molecule has 0 aliphatic heterocycles. The van der Waals surface area contributed by atoms with Gasteiger partial charge in [0.25, 0.3) is 0 Å². The summed E-state index contributed by atoms with van der Waals surface area (Å²) in [5.41, 5.74) is 3.24. The van der Waals surface area contributed by atoms with Crippen molar-refractivity contribution in [3.8, 4) is 5.75 Å². The molecule has 3 rings (SSSR count). The molecular weight excluding hydrogens is 236 g/mol. The number of nitrogens with zero attached hydrogens (tertiary/aromatic N) is 2. The van der Waals surface area contributed by atoms with E-state index in [0.29, 0.717) is 6.61 Å². The number of imidazole rings is 1. The first-order valence-corrected chi connectivity index (χ1v) is 6.50. The molecule has 0 bridgehead atoms. The number of hydrogen-bond donors (Lipinski definition) is 0. The lowest BCUT2D eigenvalue weighted by Gasteiger charge is -2.08. The molecule has 0 atom stereocenters. The first-order chi connectivity index (χ1) is 9.38. The van der Waals surface area contributed by atoms with Gasteiger partial charge in [-0.1, -0.05) is 37.3 Å². The minimum absolute atomic E-state index is 0.564. The molecule has 0 amide bonds. The summed E-state index contributed by atoms with van der Waals surface area (Å²) in [4.78, 5) is 4.44. The van der Waals surface area contributed by atoms with Gasteiger partial charge in [-0.3, -0.25) is 0 Å². The van der Waals surface area contributed by atoms with Crippen molar-refractivity contribution < 1.29 is 4.74 Å². The van der Waals surface area contributed by atoms with Crippen LogP contribution in [0.15, 0.2) is 54.9 Å². The minimum atomic E-state index is 0.564. The summed E-state index contributed by atoms with van der Waals surface area (Å²) in [6.45, 7) is 2.69. The van der Waals surface area contributed by atoms with E-state index in [1.165, 1.54) is 5.69 Å². The summed E-state index contributed by atoms with van der Waals surface area (Å²) >= 11 is 0. The second kappa shape index (κ2) is 5.14. The molecule has 1 aromatic carbocycles. The molecule has 3 aromatic rings. The molecule has 3 heteroatoms. The van der Waals surface area contributed by atoms with E-state index in [1.54, 1.807) is 0 Å². The molecule has 3 nitrogen and oxygen atoms in total. The van der Waals surface area contributed by atoms with E-state index >= 15 is 0 Å². The third-order valence-corrected chi connectivity index (χ3v) is 3.18. The molecule has 0 N–H and O–H groups in total. The summed E-state index contributed by atoms with van der Waals surface area (Å²) in [6.07, 6.45) is 4.89. The number of benzene rings is 1. The molecule has 0 fully saturated rings. The van der Waals surface area contributed by atoms with Crippen molar-refractivity contribution in [1.82, 2.24) is 9.38 Å². The highest BCUT2D eigenvalue weighted by Gasteiger charge is 2.07. The van der Waals surface area contributed by atoms with Crippen LogP contribution < -0.4 is 4.74 Å². The molecule has 0 saturated carbocycles. The van der Waals surface area contributed by atoms with Gasteiger partial charge in [-0.15, -0.1) is 0 Å². The van der Waals surface area contributed by atoms with Gasteiger partial charge in [-0.25, -0.2) is 4.98 Å². The monoisotopic (exact) mass is 252 g/mol. The van der Waals surface area contributed by atoms with Crippen LogP contribution >= 0.6 is 0 Å². The van der Waals surface area contributed by atoms with Gasteiger partial charge in [0.1, 0.15) is 6.61 Å². The normalized spacial score (nSPS) is 10.8. The summed E-state index contributed by atoms with van der Waals surface area (Å²) in [5.74, 6) is 0.825. The van der Waals surface area contributed by atoms with E-state index in [2.05, 4.69) is 28.4 Å². The lowest BCUT2D eigenvalue weighted by Crippen LogP contribution is -1.98. The van der Waals surface area contributed by atoms with Crippen LogP contribution in [0.5, 0.6) is 5.75 Å². The van der Waals surface area contributed by atoms with Gasteiger partial charge in [0.2, 0.25) is 0 Å². The van der Waals surface area contributed by atoms with Gasteiger partial charge in [-0.2, -0.15) is 0 Å². The third kappa shape index (κ3) is 2.32.